The minimum Gasteiger partial charge on any atom is -0.344 e. The van der Waals surface area contributed by atoms with Crippen molar-refractivity contribution < 1.29 is 27.2 Å². The van der Waals surface area contributed by atoms with Crippen LogP contribution in [-0.2, 0) is 22.4 Å². The molecule has 0 radical (unpaired) electrons. The molecule has 1 aliphatic carbocycles. The fourth-order valence-corrected chi connectivity index (χ4v) is 6.52. The van der Waals surface area contributed by atoms with Crippen LogP contribution in [0.3, 0.4) is 0 Å². The van der Waals surface area contributed by atoms with E-state index in [-0.39, 0.29) is 62.7 Å². The SMILES string of the molecule is O=C(Cc1cccc(N2CC(F)(F)C2)n1)Nc1ccc([C@H]2CCC[C@H](c3ccc(NC(=O)Cc4cccc(N5CC(F)(F)C5)n4)nn3)C2)nn1. The molecule has 50 heavy (non-hydrogen) atoms. The highest BCUT2D eigenvalue weighted by Crippen LogP contribution is 2.40. The van der Waals surface area contributed by atoms with Gasteiger partial charge < -0.3 is 20.4 Å². The van der Waals surface area contributed by atoms with Crippen LogP contribution in [0, 0.1) is 0 Å². The monoisotopic (exact) mass is 690 g/mol. The van der Waals surface area contributed by atoms with Crippen molar-refractivity contribution in [3.05, 3.63) is 83.4 Å². The Morgan fingerprint density at radius 2 is 1.08 bits per heavy atom. The van der Waals surface area contributed by atoms with Crippen molar-refractivity contribution in [3.8, 4) is 0 Å². The van der Waals surface area contributed by atoms with E-state index in [9.17, 15) is 27.2 Å². The van der Waals surface area contributed by atoms with Crippen LogP contribution in [0.15, 0.2) is 60.7 Å². The van der Waals surface area contributed by atoms with E-state index < -0.39 is 11.8 Å². The van der Waals surface area contributed by atoms with Gasteiger partial charge in [0.15, 0.2) is 11.6 Å². The molecule has 6 heterocycles. The summed E-state index contributed by atoms with van der Waals surface area (Å²) in [4.78, 5) is 36.9. The zero-order valence-electron chi connectivity index (χ0n) is 26.9. The van der Waals surface area contributed by atoms with Gasteiger partial charge in [0.05, 0.1) is 61.8 Å². The Morgan fingerprint density at radius 1 is 0.640 bits per heavy atom. The molecule has 3 aliphatic rings. The first-order chi connectivity index (χ1) is 24.0. The quantitative estimate of drug-likeness (QED) is 0.224. The number of carbonyl (C=O) groups is 2. The minimum absolute atomic E-state index is 0.0367. The lowest BCUT2D eigenvalue weighted by Crippen LogP contribution is -2.56. The number of carbonyl (C=O) groups excluding carboxylic acids is 2. The average Bonchev–Trinajstić information content (AvgIpc) is 3.07. The molecule has 2 atom stereocenters. The smallest absolute Gasteiger partial charge is 0.282 e. The van der Waals surface area contributed by atoms with E-state index in [2.05, 4.69) is 41.0 Å². The van der Waals surface area contributed by atoms with Gasteiger partial charge in [-0.15, -0.1) is 10.2 Å². The maximum absolute atomic E-state index is 13.2. The average molecular weight is 691 g/mol. The van der Waals surface area contributed by atoms with Crippen LogP contribution in [-0.4, -0.2) is 80.2 Å². The first-order valence-electron chi connectivity index (χ1n) is 16.4. The van der Waals surface area contributed by atoms with Gasteiger partial charge in [0.2, 0.25) is 11.8 Å². The molecular weight excluding hydrogens is 656 g/mol. The number of amides is 2. The van der Waals surface area contributed by atoms with E-state index in [1.807, 2.05) is 12.1 Å². The predicted octanol–water partition coefficient (Wildman–Crippen LogP) is 4.77. The van der Waals surface area contributed by atoms with Gasteiger partial charge in [0.25, 0.3) is 11.8 Å². The third-order valence-electron chi connectivity index (χ3n) is 9.02. The third-order valence-corrected chi connectivity index (χ3v) is 9.02. The van der Waals surface area contributed by atoms with Crippen LogP contribution >= 0.6 is 0 Å². The summed E-state index contributed by atoms with van der Waals surface area (Å²) in [5, 5.41) is 22.7. The third kappa shape index (κ3) is 7.95. The molecule has 0 aromatic carbocycles. The van der Waals surface area contributed by atoms with Crippen molar-refractivity contribution >= 4 is 35.1 Å². The Labute approximate surface area is 284 Å². The lowest BCUT2D eigenvalue weighted by Gasteiger charge is -2.39. The lowest BCUT2D eigenvalue weighted by molar-refractivity contribution is -0.116. The highest BCUT2D eigenvalue weighted by Gasteiger charge is 2.45. The molecule has 4 aromatic heterocycles. The van der Waals surface area contributed by atoms with Gasteiger partial charge in [-0.2, -0.15) is 10.2 Å². The van der Waals surface area contributed by atoms with Gasteiger partial charge >= 0.3 is 0 Å². The van der Waals surface area contributed by atoms with E-state index in [4.69, 9.17) is 0 Å². The van der Waals surface area contributed by atoms with Gasteiger partial charge in [0, 0.05) is 11.8 Å². The van der Waals surface area contributed by atoms with E-state index in [0.717, 1.165) is 37.1 Å². The van der Waals surface area contributed by atoms with Crippen LogP contribution in [0.5, 0.6) is 0 Å². The topological polar surface area (TPSA) is 142 Å². The van der Waals surface area contributed by atoms with Gasteiger partial charge in [-0.3, -0.25) is 9.59 Å². The molecule has 2 N–H and O–H groups in total. The molecule has 12 nitrogen and oxygen atoms in total. The number of hydrogen-bond donors (Lipinski definition) is 2. The number of halogens is 4. The Balaban J connectivity index is 0.887. The normalized spacial score (nSPS) is 20.7. The Morgan fingerprint density at radius 3 is 1.46 bits per heavy atom. The van der Waals surface area contributed by atoms with Crippen molar-refractivity contribution in [2.45, 2.75) is 62.2 Å². The number of rotatable bonds is 10. The molecule has 0 spiro atoms. The molecule has 260 valence electrons. The summed E-state index contributed by atoms with van der Waals surface area (Å²) in [5.41, 5.74) is 2.55. The fraction of sp³-hybridized carbons (Fsp3) is 0.412. The van der Waals surface area contributed by atoms with Gasteiger partial charge in [-0.25, -0.2) is 27.5 Å². The van der Waals surface area contributed by atoms with Crippen molar-refractivity contribution in [3.63, 3.8) is 0 Å². The zero-order chi connectivity index (χ0) is 34.9. The summed E-state index contributed by atoms with van der Waals surface area (Å²) in [6.45, 7) is -1.54. The molecule has 4 aromatic rings. The Bertz CT molecular complexity index is 1710. The van der Waals surface area contributed by atoms with E-state index >= 15 is 0 Å². The van der Waals surface area contributed by atoms with Gasteiger partial charge in [-0.05, 0) is 67.8 Å². The number of anilines is 4. The zero-order valence-corrected chi connectivity index (χ0v) is 26.9. The molecule has 2 amide bonds. The molecule has 3 fully saturated rings. The molecular formula is C34H34F4N10O2. The number of alkyl halides is 4. The van der Waals surface area contributed by atoms with E-state index in [1.165, 1.54) is 9.80 Å². The van der Waals surface area contributed by atoms with Crippen LogP contribution < -0.4 is 20.4 Å². The first-order valence-corrected chi connectivity index (χ1v) is 16.4. The summed E-state index contributed by atoms with van der Waals surface area (Å²) >= 11 is 0. The van der Waals surface area contributed by atoms with Crippen LogP contribution in [0.2, 0.25) is 0 Å². The number of pyridine rings is 2. The maximum Gasteiger partial charge on any atom is 0.282 e. The summed E-state index contributed by atoms with van der Waals surface area (Å²) in [7, 11) is 0. The summed E-state index contributed by atoms with van der Waals surface area (Å²) in [6.07, 6.45) is 3.53. The number of aromatic nitrogens is 6. The second kappa shape index (κ2) is 13.6. The first kappa shape index (κ1) is 33.2. The summed E-state index contributed by atoms with van der Waals surface area (Å²) in [5.74, 6) is -4.39. The number of hydrogen-bond acceptors (Lipinski definition) is 10. The van der Waals surface area contributed by atoms with Crippen molar-refractivity contribution in [1.29, 1.82) is 0 Å². The summed E-state index contributed by atoms with van der Waals surface area (Å²) in [6, 6.07) is 17.1. The van der Waals surface area contributed by atoms with Crippen LogP contribution in [0.4, 0.5) is 40.8 Å². The van der Waals surface area contributed by atoms with Crippen LogP contribution in [0.25, 0.3) is 0 Å². The second-order valence-corrected chi connectivity index (χ2v) is 13.1. The largest absolute Gasteiger partial charge is 0.344 e. The second-order valence-electron chi connectivity index (χ2n) is 13.1. The highest BCUT2D eigenvalue weighted by molar-refractivity contribution is 5.91. The molecule has 0 bridgehead atoms. The van der Waals surface area contributed by atoms with Gasteiger partial charge in [0.1, 0.15) is 11.6 Å². The molecule has 0 unspecified atom stereocenters. The van der Waals surface area contributed by atoms with Crippen molar-refractivity contribution in [1.82, 2.24) is 30.4 Å². The van der Waals surface area contributed by atoms with Gasteiger partial charge in [-0.1, -0.05) is 18.6 Å². The van der Waals surface area contributed by atoms with Crippen molar-refractivity contribution in [2.24, 2.45) is 0 Å². The van der Waals surface area contributed by atoms with E-state index in [1.54, 1.807) is 48.5 Å². The Hall–Kier alpha value is -5.28. The number of nitrogens with zero attached hydrogens (tertiary/aromatic N) is 8. The molecule has 1 saturated carbocycles. The fourth-order valence-electron chi connectivity index (χ4n) is 6.52. The van der Waals surface area contributed by atoms with Crippen molar-refractivity contribution in [2.75, 3.05) is 46.6 Å². The minimum atomic E-state index is -2.71. The lowest BCUT2D eigenvalue weighted by atomic mass is 9.78. The molecule has 16 heteroatoms. The maximum atomic E-state index is 13.2. The molecule has 7 rings (SSSR count). The Kier molecular flexibility index (Phi) is 9.01. The molecule has 2 aliphatic heterocycles. The highest BCUT2D eigenvalue weighted by atomic mass is 19.3. The number of nitrogens with one attached hydrogen (secondary N) is 2. The predicted molar refractivity (Wildman–Crippen MR) is 175 cm³/mol. The summed E-state index contributed by atoms with van der Waals surface area (Å²) < 4.78 is 53.0. The van der Waals surface area contributed by atoms with E-state index in [0.29, 0.717) is 34.7 Å². The van der Waals surface area contributed by atoms with Crippen LogP contribution in [0.1, 0.15) is 60.3 Å². The molecule has 2 saturated heterocycles. The standard InChI is InChI=1S/C34H34F4N10O2/c35-33(36)17-47(18-33)29-8-2-6-23(39-29)15-31(49)41-27-12-10-25(43-45-27)21-4-1-5-22(14-21)26-11-13-28(46-44-26)42-32(50)16-24-7-3-9-30(40-24)48-19-34(37,38)20-48/h2-3,6-13,21-22H,1,4-5,14-20H2,(H,41,45,49)(H,42,46,50)/t21-,22-/m0/s1.